The Balaban J connectivity index is 1.48. The Morgan fingerprint density at radius 3 is 2.87 bits per heavy atom. The molecule has 0 saturated heterocycles. The molecule has 1 amide bonds. The Morgan fingerprint density at radius 2 is 1.91 bits per heavy atom. The first-order valence-electron chi connectivity index (χ1n) is 8.03. The summed E-state index contributed by atoms with van der Waals surface area (Å²) in [5.41, 5.74) is 5.57. The van der Waals surface area contributed by atoms with E-state index in [4.69, 9.17) is 0 Å². The molecule has 3 heteroatoms. The number of benzene rings is 2. The van der Waals surface area contributed by atoms with Crippen LogP contribution in [0.4, 0.5) is 5.69 Å². The van der Waals surface area contributed by atoms with Gasteiger partial charge in [-0.15, -0.1) is 0 Å². The maximum absolute atomic E-state index is 12.3. The van der Waals surface area contributed by atoms with Gasteiger partial charge < -0.3 is 5.32 Å². The molecular formula is C20H18N2O. The predicted molar refractivity (Wildman–Crippen MR) is 92.5 cm³/mol. The van der Waals surface area contributed by atoms with E-state index in [1.54, 1.807) is 6.20 Å². The lowest BCUT2D eigenvalue weighted by Crippen LogP contribution is -2.14. The van der Waals surface area contributed by atoms with Crippen molar-refractivity contribution in [2.45, 2.75) is 25.7 Å². The molecule has 1 aliphatic rings. The molecule has 3 nitrogen and oxygen atoms in total. The highest BCUT2D eigenvalue weighted by atomic mass is 16.1. The second kappa shape index (κ2) is 5.84. The summed E-state index contributed by atoms with van der Waals surface area (Å²) >= 11 is 0. The highest BCUT2D eigenvalue weighted by Crippen LogP contribution is 2.25. The van der Waals surface area contributed by atoms with Gasteiger partial charge in [-0.2, -0.15) is 0 Å². The number of aromatic nitrogens is 1. The number of hydrogen-bond acceptors (Lipinski definition) is 2. The molecule has 114 valence electrons. The van der Waals surface area contributed by atoms with Crippen molar-refractivity contribution in [3.63, 3.8) is 0 Å². The smallest absolute Gasteiger partial charge is 0.228 e. The SMILES string of the molecule is O=C(Cc1cnc2ccccc2c1)Nc1ccc2c(c1)CCC2. The predicted octanol–water partition coefficient (Wildman–Crippen LogP) is 3.90. The van der Waals surface area contributed by atoms with Gasteiger partial charge in [-0.3, -0.25) is 9.78 Å². The van der Waals surface area contributed by atoms with Crippen LogP contribution in [0.5, 0.6) is 0 Å². The molecule has 0 fully saturated rings. The van der Waals surface area contributed by atoms with Gasteiger partial charge in [-0.05, 0) is 60.2 Å². The molecule has 1 heterocycles. The van der Waals surface area contributed by atoms with Crippen LogP contribution in [-0.2, 0) is 24.1 Å². The molecule has 1 N–H and O–H groups in total. The van der Waals surface area contributed by atoms with E-state index in [2.05, 4.69) is 22.4 Å². The van der Waals surface area contributed by atoms with Gasteiger partial charge in [0.2, 0.25) is 5.91 Å². The van der Waals surface area contributed by atoms with Crippen LogP contribution in [0.25, 0.3) is 10.9 Å². The maximum atomic E-state index is 12.3. The van der Waals surface area contributed by atoms with Crippen LogP contribution in [0, 0.1) is 0 Å². The lowest BCUT2D eigenvalue weighted by Gasteiger charge is -2.08. The number of fused-ring (bicyclic) bond motifs is 2. The summed E-state index contributed by atoms with van der Waals surface area (Å²) < 4.78 is 0. The van der Waals surface area contributed by atoms with Crippen LogP contribution in [0.3, 0.4) is 0 Å². The minimum Gasteiger partial charge on any atom is -0.326 e. The van der Waals surface area contributed by atoms with E-state index < -0.39 is 0 Å². The Kier molecular flexibility index (Phi) is 3.54. The molecule has 1 aliphatic carbocycles. The number of carbonyl (C=O) groups excluding carboxylic acids is 1. The topological polar surface area (TPSA) is 42.0 Å². The zero-order chi connectivity index (χ0) is 15.6. The molecule has 0 radical (unpaired) electrons. The number of anilines is 1. The van der Waals surface area contributed by atoms with Crippen molar-refractivity contribution in [3.05, 3.63) is 71.4 Å². The highest BCUT2D eigenvalue weighted by molar-refractivity contribution is 5.93. The Labute approximate surface area is 135 Å². The van der Waals surface area contributed by atoms with Crippen LogP contribution in [0.2, 0.25) is 0 Å². The largest absolute Gasteiger partial charge is 0.326 e. The number of rotatable bonds is 3. The van der Waals surface area contributed by atoms with E-state index in [9.17, 15) is 4.79 Å². The van der Waals surface area contributed by atoms with Gasteiger partial charge in [-0.1, -0.05) is 24.3 Å². The summed E-state index contributed by atoms with van der Waals surface area (Å²) in [6.45, 7) is 0. The number of aryl methyl sites for hydroxylation is 2. The third kappa shape index (κ3) is 2.95. The molecule has 0 atom stereocenters. The third-order valence-corrected chi connectivity index (χ3v) is 4.39. The third-order valence-electron chi connectivity index (χ3n) is 4.39. The van der Waals surface area contributed by atoms with Crippen molar-refractivity contribution < 1.29 is 4.79 Å². The summed E-state index contributed by atoms with van der Waals surface area (Å²) in [7, 11) is 0. The van der Waals surface area contributed by atoms with E-state index in [0.717, 1.165) is 35.0 Å². The lowest BCUT2D eigenvalue weighted by molar-refractivity contribution is -0.115. The number of pyridine rings is 1. The van der Waals surface area contributed by atoms with Gasteiger partial charge in [0.15, 0.2) is 0 Å². The number of nitrogens with one attached hydrogen (secondary N) is 1. The zero-order valence-corrected chi connectivity index (χ0v) is 12.9. The van der Waals surface area contributed by atoms with Gasteiger partial charge in [0.1, 0.15) is 0 Å². The number of para-hydroxylation sites is 1. The monoisotopic (exact) mass is 302 g/mol. The number of hydrogen-bond donors (Lipinski definition) is 1. The van der Waals surface area contributed by atoms with Crippen LogP contribution in [0.1, 0.15) is 23.1 Å². The summed E-state index contributed by atoms with van der Waals surface area (Å²) in [5, 5.41) is 4.07. The van der Waals surface area contributed by atoms with E-state index in [1.165, 1.54) is 17.5 Å². The molecule has 0 bridgehead atoms. The summed E-state index contributed by atoms with van der Waals surface area (Å²) in [5.74, 6) is 0.0000260. The summed E-state index contributed by atoms with van der Waals surface area (Å²) in [4.78, 5) is 16.7. The fourth-order valence-corrected chi connectivity index (χ4v) is 3.25. The van der Waals surface area contributed by atoms with Gasteiger partial charge in [-0.25, -0.2) is 0 Å². The number of nitrogens with zero attached hydrogens (tertiary/aromatic N) is 1. The average molecular weight is 302 g/mol. The normalized spacial score (nSPS) is 13.0. The van der Waals surface area contributed by atoms with Crippen molar-refractivity contribution >= 4 is 22.5 Å². The second-order valence-corrected chi connectivity index (χ2v) is 6.10. The van der Waals surface area contributed by atoms with Crippen LogP contribution in [-0.4, -0.2) is 10.9 Å². The molecule has 3 aromatic rings. The minimum atomic E-state index is 0.0000260. The van der Waals surface area contributed by atoms with E-state index >= 15 is 0 Å². The van der Waals surface area contributed by atoms with Crippen molar-refractivity contribution in [2.75, 3.05) is 5.32 Å². The van der Waals surface area contributed by atoms with E-state index in [1.807, 2.05) is 36.4 Å². The number of amides is 1. The summed E-state index contributed by atoms with van der Waals surface area (Å²) in [6.07, 6.45) is 5.62. The molecule has 23 heavy (non-hydrogen) atoms. The molecule has 4 rings (SSSR count). The van der Waals surface area contributed by atoms with Crippen LogP contribution in [0.15, 0.2) is 54.7 Å². The Hall–Kier alpha value is -2.68. The van der Waals surface area contributed by atoms with Crippen molar-refractivity contribution in [3.8, 4) is 0 Å². The lowest BCUT2D eigenvalue weighted by atomic mass is 10.1. The van der Waals surface area contributed by atoms with Crippen molar-refractivity contribution in [1.82, 2.24) is 4.98 Å². The number of carbonyl (C=O) groups is 1. The first-order valence-corrected chi connectivity index (χ1v) is 8.03. The zero-order valence-electron chi connectivity index (χ0n) is 12.9. The molecule has 0 unspecified atom stereocenters. The van der Waals surface area contributed by atoms with Crippen LogP contribution < -0.4 is 5.32 Å². The average Bonchev–Trinajstić information content (AvgIpc) is 3.02. The molecule has 1 aromatic heterocycles. The van der Waals surface area contributed by atoms with E-state index in [-0.39, 0.29) is 5.91 Å². The quantitative estimate of drug-likeness (QED) is 0.797. The minimum absolute atomic E-state index is 0.0000260. The maximum Gasteiger partial charge on any atom is 0.228 e. The first kappa shape index (κ1) is 13.9. The van der Waals surface area contributed by atoms with E-state index in [0.29, 0.717) is 6.42 Å². The highest BCUT2D eigenvalue weighted by Gasteiger charge is 2.12. The molecule has 0 spiro atoms. The molecule has 0 saturated carbocycles. The summed E-state index contributed by atoms with van der Waals surface area (Å²) in [6, 6.07) is 16.2. The van der Waals surface area contributed by atoms with Gasteiger partial charge >= 0.3 is 0 Å². The van der Waals surface area contributed by atoms with Crippen molar-refractivity contribution in [2.24, 2.45) is 0 Å². The molecule has 0 aliphatic heterocycles. The fraction of sp³-hybridized carbons (Fsp3) is 0.200. The molecular weight excluding hydrogens is 284 g/mol. The second-order valence-electron chi connectivity index (χ2n) is 6.10. The fourth-order valence-electron chi connectivity index (χ4n) is 3.25. The standard InChI is InChI=1S/C20H18N2O/c23-20(22-18-9-8-15-5-3-6-16(15)12-18)11-14-10-17-4-1-2-7-19(17)21-13-14/h1-2,4,7-10,12-13H,3,5-6,11H2,(H,22,23). The van der Waals surface area contributed by atoms with Gasteiger partial charge in [0.25, 0.3) is 0 Å². The van der Waals surface area contributed by atoms with Crippen LogP contribution >= 0.6 is 0 Å². The molecule has 2 aromatic carbocycles. The Bertz CT molecular complexity index is 886. The van der Waals surface area contributed by atoms with Gasteiger partial charge in [0.05, 0.1) is 11.9 Å². The van der Waals surface area contributed by atoms with Gasteiger partial charge in [0, 0.05) is 17.3 Å². The first-order chi connectivity index (χ1) is 11.3. The Morgan fingerprint density at radius 1 is 1.04 bits per heavy atom. The van der Waals surface area contributed by atoms with Crippen molar-refractivity contribution in [1.29, 1.82) is 0 Å².